The molecule has 5 nitrogen and oxygen atoms in total. The normalized spacial score (nSPS) is 20.6. The Morgan fingerprint density at radius 2 is 1.82 bits per heavy atom. The van der Waals surface area contributed by atoms with Crippen molar-refractivity contribution < 1.29 is 19.1 Å². The van der Waals surface area contributed by atoms with Crippen molar-refractivity contribution in [2.45, 2.75) is 70.9 Å². The second-order valence-electron chi connectivity index (χ2n) is 7.78. The smallest absolute Gasteiger partial charge is 0.255 e. The standard InChI is InChI=1S/C23H29NO4/c1-4-20(26)21-13-19(23(27)24-17-9-11-18(25)12-10-17)22(28-21)15(3)16-7-5-14(2)6-8-16/h5-8,13,15,17-18,25H,4,9-12H2,1-3H3,(H,24,27). The zero-order valence-corrected chi connectivity index (χ0v) is 16.8. The molecule has 1 aromatic carbocycles. The van der Waals surface area contributed by atoms with Crippen LogP contribution in [0.2, 0.25) is 0 Å². The summed E-state index contributed by atoms with van der Waals surface area (Å²) in [5.41, 5.74) is 2.62. The summed E-state index contributed by atoms with van der Waals surface area (Å²) in [6.45, 7) is 5.79. The second kappa shape index (κ2) is 8.74. The van der Waals surface area contributed by atoms with Crippen LogP contribution in [0.4, 0.5) is 0 Å². The molecular formula is C23H29NO4. The summed E-state index contributed by atoms with van der Waals surface area (Å²) in [7, 11) is 0. The van der Waals surface area contributed by atoms with E-state index in [1.807, 2.05) is 38.1 Å². The summed E-state index contributed by atoms with van der Waals surface area (Å²) in [6.07, 6.45) is 2.97. The van der Waals surface area contributed by atoms with Gasteiger partial charge in [0.25, 0.3) is 5.91 Å². The predicted octanol–water partition coefficient (Wildman–Crippen LogP) is 4.37. The molecule has 1 aliphatic rings. The fourth-order valence-electron chi connectivity index (χ4n) is 3.71. The fraction of sp³-hybridized carbons (Fsp3) is 0.478. The van der Waals surface area contributed by atoms with Crippen LogP contribution in [0.5, 0.6) is 0 Å². The Morgan fingerprint density at radius 1 is 1.18 bits per heavy atom. The van der Waals surface area contributed by atoms with E-state index in [0.29, 0.717) is 30.6 Å². The number of Topliss-reactive ketones (excluding diaryl/α,β-unsaturated/α-hetero) is 1. The molecule has 0 bridgehead atoms. The number of benzene rings is 1. The number of nitrogens with one attached hydrogen (secondary N) is 1. The molecule has 1 aromatic heterocycles. The van der Waals surface area contributed by atoms with E-state index in [-0.39, 0.29) is 35.5 Å². The molecule has 1 amide bonds. The number of carbonyl (C=O) groups is 2. The van der Waals surface area contributed by atoms with Crippen LogP contribution in [-0.4, -0.2) is 28.9 Å². The Labute approximate surface area is 166 Å². The number of furan rings is 1. The van der Waals surface area contributed by atoms with E-state index < -0.39 is 0 Å². The van der Waals surface area contributed by atoms with E-state index in [0.717, 1.165) is 24.0 Å². The van der Waals surface area contributed by atoms with Gasteiger partial charge in [0.2, 0.25) is 0 Å². The van der Waals surface area contributed by atoms with E-state index in [1.165, 1.54) is 0 Å². The van der Waals surface area contributed by atoms with Crippen molar-refractivity contribution in [3.05, 3.63) is 58.5 Å². The molecule has 2 aromatic rings. The summed E-state index contributed by atoms with van der Waals surface area (Å²) >= 11 is 0. The van der Waals surface area contributed by atoms with Gasteiger partial charge >= 0.3 is 0 Å². The monoisotopic (exact) mass is 383 g/mol. The lowest BCUT2D eigenvalue weighted by Gasteiger charge is -2.26. The van der Waals surface area contributed by atoms with Gasteiger partial charge in [-0.3, -0.25) is 9.59 Å². The Hall–Kier alpha value is -2.40. The number of ketones is 1. The average molecular weight is 383 g/mol. The molecule has 2 N–H and O–H groups in total. The number of aryl methyl sites for hydroxylation is 1. The number of rotatable bonds is 6. The second-order valence-corrected chi connectivity index (χ2v) is 7.78. The highest BCUT2D eigenvalue weighted by molar-refractivity contribution is 6.00. The number of hydrogen-bond acceptors (Lipinski definition) is 4. The molecule has 1 unspecified atom stereocenters. The van der Waals surface area contributed by atoms with Gasteiger partial charge in [-0.15, -0.1) is 0 Å². The molecule has 1 atom stereocenters. The van der Waals surface area contributed by atoms with Crippen LogP contribution in [0, 0.1) is 6.92 Å². The molecule has 0 aliphatic heterocycles. The minimum Gasteiger partial charge on any atom is -0.456 e. The molecule has 1 aliphatic carbocycles. The number of carbonyl (C=O) groups excluding carboxylic acids is 2. The van der Waals surface area contributed by atoms with Crippen LogP contribution in [0.1, 0.15) is 89.7 Å². The maximum absolute atomic E-state index is 13.0. The maximum Gasteiger partial charge on any atom is 0.255 e. The Morgan fingerprint density at radius 3 is 2.43 bits per heavy atom. The quantitative estimate of drug-likeness (QED) is 0.726. The molecule has 1 fully saturated rings. The van der Waals surface area contributed by atoms with Gasteiger partial charge in [0.05, 0.1) is 11.7 Å². The largest absolute Gasteiger partial charge is 0.456 e. The Bertz CT molecular complexity index is 829. The van der Waals surface area contributed by atoms with Crippen LogP contribution in [0.15, 0.2) is 34.7 Å². The number of aliphatic hydroxyl groups excluding tert-OH is 1. The summed E-state index contributed by atoms with van der Waals surface area (Å²) in [5, 5.41) is 12.7. The van der Waals surface area contributed by atoms with Crippen LogP contribution in [0.25, 0.3) is 0 Å². The summed E-state index contributed by atoms with van der Waals surface area (Å²) < 4.78 is 5.89. The van der Waals surface area contributed by atoms with Gasteiger partial charge in [-0.2, -0.15) is 0 Å². The van der Waals surface area contributed by atoms with Crippen LogP contribution in [0.3, 0.4) is 0 Å². The van der Waals surface area contributed by atoms with Crippen molar-refractivity contribution in [3.63, 3.8) is 0 Å². The van der Waals surface area contributed by atoms with Gasteiger partial charge < -0.3 is 14.8 Å². The molecular weight excluding hydrogens is 354 g/mol. The highest BCUT2D eigenvalue weighted by Gasteiger charge is 2.28. The fourth-order valence-corrected chi connectivity index (χ4v) is 3.71. The highest BCUT2D eigenvalue weighted by atomic mass is 16.3. The molecule has 0 radical (unpaired) electrons. The van der Waals surface area contributed by atoms with Crippen molar-refractivity contribution in [1.82, 2.24) is 5.32 Å². The van der Waals surface area contributed by atoms with E-state index >= 15 is 0 Å². The molecule has 5 heteroatoms. The lowest BCUT2D eigenvalue weighted by molar-refractivity contribution is 0.0865. The maximum atomic E-state index is 13.0. The minimum absolute atomic E-state index is 0.0404. The van der Waals surface area contributed by atoms with E-state index in [2.05, 4.69) is 5.32 Å². The highest BCUT2D eigenvalue weighted by Crippen LogP contribution is 2.31. The van der Waals surface area contributed by atoms with Gasteiger partial charge in [0.15, 0.2) is 11.5 Å². The molecule has 3 rings (SSSR count). The average Bonchev–Trinajstić information content (AvgIpc) is 3.15. The predicted molar refractivity (Wildman–Crippen MR) is 108 cm³/mol. The Kier molecular flexibility index (Phi) is 6.35. The van der Waals surface area contributed by atoms with E-state index in [1.54, 1.807) is 13.0 Å². The zero-order chi connectivity index (χ0) is 20.3. The first-order chi connectivity index (χ1) is 13.4. The number of hydrogen-bond donors (Lipinski definition) is 2. The lowest BCUT2D eigenvalue weighted by atomic mass is 9.92. The molecule has 150 valence electrons. The van der Waals surface area contributed by atoms with E-state index in [9.17, 15) is 14.7 Å². The zero-order valence-electron chi connectivity index (χ0n) is 16.8. The molecule has 1 heterocycles. The van der Waals surface area contributed by atoms with Crippen molar-refractivity contribution in [2.75, 3.05) is 0 Å². The number of aliphatic hydroxyl groups is 1. The summed E-state index contributed by atoms with van der Waals surface area (Å²) in [6, 6.07) is 9.72. The lowest BCUT2D eigenvalue weighted by Crippen LogP contribution is -2.38. The van der Waals surface area contributed by atoms with Crippen molar-refractivity contribution >= 4 is 11.7 Å². The minimum atomic E-state index is -0.270. The Balaban J connectivity index is 1.87. The summed E-state index contributed by atoms with van der Waals surface area (Å²) in [5.74, 6) is 0.286. The van der Waals surface area contributed by atoms with Crippen molar-refractivity contribution in [1.29, 1.82) is 0 Å². The van der Waals surface area contributed by atoms with Crippen LogP contribution in [-0.2, 0) is 0 Å². The van der Waals surface area contributed by atoms with Gasteiger partial charge in [0.1, 0.15) is 5.76 Å². The van der Waals surface area contributed by atoms with Gasteiger partial charge in [-0.05, 0) is 38.2 Å². The first kappa shape index (κ1) is 20.3. The molecule has 1 saturated carbocycles. The first-order valence-corrected chi connectivity index (χ1v) is 10.1. The van der Waals surface area contributed by atoms with Gasteiger partial charge in [-0.25, -0.2) is 0 Å². The van der Waals surface area contributed by atoms with Gasteiger partial charge in [0, 0.05) is 24.4 Å². The van der Waals surface area contributed by atoms with E-state index in [4.69, 9.17) is 4.42 Å². The topological polar surface area (TPSA) is 79.5 Å². The summed E-state index contributed by atoms with van der Waals surface area (Å²) in [4.78, 5) is 25.2. The molecule has 28 heavy (non-hydrogen) atoms. The van der Waals surface area contributed by atoms with Crippen LogP contribution < -0.4 is 5.32 Å². The molecule has 0 spiro atoms. The third kappa shape index (κ3) is 4.53. The molecule has 0 saturated heterocycles. The van der Waals surface area contributed by atoms with Crippen LogP contribution >= 0.6 is 0 Å². The first-order valence-electron chi connectivity index (χ1n) is 10.1. The van der Waals surface area contributed by atoms with Crippen molar-refractivity contribution in [3.8, 4) is 0 Å². The third-order valence-corrected chi connectivity index (χ3v) is 5.60. The third-order valence-electron chi connectivity index (χ3n) is 5.60. The SMILES string of the molecule is CCC(=O)c1cc(C(=O)NC2CCC(O)CC2)c(C(C)c2ccc(C)cc2)o1. The number of amides is 1. The van der Waals surface area contributed by atoms with Gasteiger partial charge in [-0.1, -0.05) is 43.7 Å². The van der Waals surface area contributed by atoms with Crippen molar-refractivity contribution in [2.24, 2.45) is 0 Å².